The highest BCUT2D eigenvalue weighted by atomic mass is 35.5. The molecule has 2 atom stereocenters. The zero-order valence-electron chi connectivity index (χ0n) is 16.0. The Labute approximate surface area is 183 Å². The number of urea groups is 1. The van der Waals surface area contributed by atoms with Crippen LogP contribution in [0.5, 0.6) is 0 Å². The third-order valence-corrected chi connectivity index (χ3v) is 5.56. The number of aryl methyl sites for hydroxylation is 1. The first-order chi connectivity index (χ1) is 14.4. The molecule has 0 spiro atoms. The molecule has 3 rings (SSSR count). The molecule has 1 aliphatic rings. The molecule has 7 nitrogen and oxygen atoms in total. The summed E-state index contributed by atoms with van der Waals surface area (Å²) < 4.78 is 0. The fourth-order valence-electron chi connectivity index (χ4n) is 3.45. The molecule has 0 radical (unpaired) electrons. The van der Waals surface area contributed by atoms with E-state index in [1.54, 1.807) is 6.07 Å². The van der Waals surface area contributed by atoms with Crippen LogP contribution in [0.15, 0.2) is 42.5 Å². The van der Waals surface area contributed by atoms with Gasteiger partial charge in [0.25, 0.3) is 5.91 Å². The van der Waals surface area contributed by atoms with Crippen molar-refractivity contribution in [3.05, 3.63) is 69.2 Å². The van der Waals surface area contributed by atoms with Crippen LogP contribution in [-0.2, 0) is 11.2 Å². The van der Waals surface area contributed by atoms with E-state index >= 15 is 0 Å². The van der Waals surface area contributed by atoms with Crippen LogP contribution < -0.4 is 16.0 Å². The molecule has 9 heteroatoms. The molecule has 0 aromatic heterocycles. The highest BCUT2D eigenvalue weighted by Crippen LogP contribution is 2.29. The second-order valence-corrected chi connectivity index (χ2v) is 7.77. The first kappa shape index (κ1) is 21.9. The van der Waals surface area contributed by atoms with Gasteiger partial charge in [-0.1, -0.05) is 53.5 Å². The lowest BCUT2D eigenvalue weighted by Gasteiger charge is -2.26. The van der Waals surface area contributed by atoms with Gasteiger partial charge in [-0.25, -0.2) is 9.59 Å². The molecule has 0 saturated carbocycles. The van der Waals surface area contributed by atoms with E-state index in [1.807, 2.05) is 24.3 Å². The fourth-order valence-corrected chi connectivity index (χ4v) is 4.02. The number of hydrogen-bond acceptors (Lipinski definition) is 3. The molecule has 0 saturated heterocycles. The molecule has 0 aliphatic heterocycles. The number of rotatable bonds is 6. The SMILES string of the molecule is O=C(NC[C@H](NC(=O)c1c(Cl)cccc1Cl)C(=O)O)N[C@H]1CCCc2ccccc21. The molecule has 3 amide bonds. The van der Waals surface area contributed by atoms with Crippen molar-refractivity contribution >= 4 is 41.1 Å². The zero-order chi connectivity index (χ0) is 21.7. The Balaban J connectivity index is 1.59. The van der Waals surface area contributed by atoms with E-state index < -0.39 is 23.9 Å². The normalized spacial score (nSPS) is 16.1. The molecule has 30 heavy (non-hydrogen) atoms. The van der Waals surface area contributed by atoms with Gasteiger partial charge in [0.05, 0.1) is 28.2 Å². The smallest absolute Gasteiger partial charge is 0.328 e. The summed E-state index contributed by atoms with van der Waals surface area (Å²) in [5.41, 5.74) is 2.24. The second-order valence-electron chi connectivity index (χ2n) is 6.96. The van der Waals surface area contributed by atoms with Crippen molar-refractivity contribution in [2.75, 3.05) is 6.54 Å². The van der Waals surface area contributed by atoms with E-state index in [0.717, 1.165) is 24.8 Å². The number of carboxylic acids is 1. The highest BCUT2D eigenvalue weighted by molar-refractivity contribution is 6.39. The van der Waals surface area contributed by atoms with Crippen molar-refractivity contribution in [1.29, 1.82) is 0 Å². The predicted octanol–water partition coefficient (Wildman–Crippen LogP) is 3.55. The van der Waals surface area contributed by atoms with Crippen LogP contribution in [0, 0.1) is 0 Å². The molecular weight excluding hydrogens is 429 g/mol. The van der Waals surface area contributed by atoms with Gasteiger partial charge in [0.1, 0.15) is 6.04 Å². The summed E-state index contributed by atoms with van der Waals surface area (Å²) in [5.74, 6) is -2.03. The summed E-state index contributed by atoms with van der Waals surface area (Å²) in [6, 6.07) is 10.4. The van der Waals surface area contributed by atoms with Gasteiger partial charge in [0.2, 0.25) is 0 Å². The van der Waals surface area contributed by atoms with Gasteiger partial charge in [0, 0.05) is 0 Å². The minimum atomic E-state index is -1.35. The summed E-state index contributed by atoms with van der Waals surface area (Å²) in [5, 5.41) is 17.4. The Bertz CT molecular complexity index is 947. The number of aliphatic carboxylic acids is 1. The lowest BCUT2D eigenvalue weighted by Crippen LogP contribution is -2.50. The summed E-state index contributed by atoms with van der Waals surface area (Å²) in [7, 11) is 0. The van der Waals surface area contributed by atoms with Crippen LogP contribution in [0.2, 0.25) is 10.0 Å². The van der Waals surface area contributed by atoms with Crippen molar-refractivity contribution in [1.82, 2.24) is 16.0 Å². The molecule has 2 aromatic carbocycles. The molecule has 0 fully saturated rings. The summed E-state index contributed by atoms with van der Waals surface area (Å²) in [6.45, 7) is -0.302. The Morgan fingerprint density at radius 3 is 2.47 bits per heavy atom. The number of fused-ring (bicyclic) bond motifs is 1. The van der Waals surface area contributed by atoms with Crippen molar-refractivity contribution in [3.63, 3.8) is 0 Å². The van der Waals surface area contributed by atoms with Gasteiger partial charge in [-0.05, 0) is 42.5 Å². The van der Waals surface area contributed by atoms with Gasteiger partial charge >= 0.3 is 12.0 Å². The number of amides is 3. The largest absolute Gasteiger partial charge is 0.480 e. The molecule has 1 aliphatic carbocycles. The van der Waals surface area contributed by atoms with Crippen LogP contribution in [0.25, 0.3) is 0 Å². The van der Waals surface area contributed by atoms with E-state index in [-0.39, 0.29) is 28.2 Å². The number of carbonyl (C=O) groups is 3. The second kappa shape index (κ2) is 9.82. The molecule has 4 N–H and O–H groups in total. The summed E-state index contributed by atoms with van der Waals surface area (Å²) in [6.07, 6.45) is 2.72. The lowest BCUT2D eigenvalue weighted by molar-refractivity contribution is -0.139. The van der Waals surface area contributed by atoms with Gasteiger partial charge in [-0.2, -0.15) is 0 Å². The average molecular weight is 450 g/mol. The Kier molecular flexibility index (Phi) is 7.18. The maximum Gasteiger partial charge on any atom is 0.328 e. The van der Waals surface area contributed by atoms with E-state index in [0.29, 0.717) is 0 Å². The van der Waals surface area contributed by atoms with Crippen LogP contribution >= 0.6 is 23.2 Å². The zero-order valence-corrected chi connectivity index (χ0v) is 17.5. The molecule has 0 bridgehead atoms. The van der Waals surface area contributed by atoms with E-state index in [9.17, 15) is 19.5 Å². The van der Waals surface area contributed by atoms with Crippen LogP contribution in [0.4, 0.5) is 4.79 Å². The van der Waals surface area contributed by atoms with Crippen molar-refractivity contribution in [3.8, 4) is 0 Å². The average Bonchev–Trinajstić information content (AvgIpc) is 2.71. The minimum Gasteiger partial charge on any atom is -0.480 e. The Morgan fingerprint density at radius 2 is 1.77 bits per heavy atom. The fraction of sp³-hybridized carbons (Fsp3) is 0.286. The number of halogens is 2. The van der Waals surface area contributed by atoms with Gasteiger partial charge in [-0.15, -0.1) is 0 Å². The summed E-state index contributed by atoms with van der Waals surface area (Å²) in [4.78, 5) is 36.3. The molecular formula is C21H21Cl2N3O4. The predicted molar refractivity (Wildman–Crippen MR) is 114 cm³/mol. The van der Waals surface area contributed by atoms with Crippen LogP contribution in [-0.4, -0.2) is 35.6 Å². The quantitative estimate of drug-likeness (QED) is 0.540. The van der Waals surface area contributed by atoms with E-state index in [1.165, 1.54) is 17.7 Å². The minimum absolute atomic E-state index is 0.0182. The molecule has 0 heterocycles. The Morgan fingerprint density at radius 1 is 1.07 bits per heavy atom. The number of nitrogens with one attached hydrogen (secondary N) is 3. The maximum absolute atomic E-state index is 12.4. The van der Waals surface area contributed by atoms with E-state index in [2.05, 4.69) is 16.0 Å². The number of carboxylic acid groups (broad SMARTS) is 1. The highest BCUT2D eigenvalue weighted by Gasteiger charge is 2.25. The Hall–Kier alpha value is -2.77. The van der Waals surface area contributed by atoms with Gasteiger partial charge in [-0.3, -0.25) is 4.79 Å². The van der Waals surface area contributed by atoms with Gasteiger partial charge in [0.15, 0.2) is 0 Å². The van der Waals surface area contributed by atoms with Crippen LogP contribution in [0.1, 0.15) is 40.4 Å². The van der Waals surface area contributed by atoms with Gasteiger partial charge < -0.3 is 21.1 Å². The van der Waals surface area contributed by atoms with Crippen LogP contribution in [0.3, 0.4) is 0 Å². The number of benzene rings is 2. The topological polar surface area (TPSA) is 108 Å². The lowest BCUT2D eigenvalue weighted by atomic mass is 9.88. The van der Waals surface area contributed by atoms with E-state index in [4.69, 9.17) is 23.2 Å². The molecule has 2 aromatic rings. The first-order valence-electron chi connectivity index (χ1n) is 9.46. The maximum atomic E-state index is 12.4. The van der Waals surface area contributed by atoms with Crippen molar-refractivity contribution in [2.45, 2.75) is 31.3 Å². The molecule has 0 unspecified atom stereocenters. The van der Waals surface area contributed by atoms with Crippen molar-refractivity contribution < 1.29 is 19.5 Å². The third-order valence-electron chi connectivity index (χ3n) is 4.93. The first-order valence-corrected chi connectivity index (χ1v) is 10.2. The standard InChI is InChI=1S/C21H21Cl2N3O4/c22-14-8-4-9-15(23)18(14)19(27)25-17(20(28)29)11-24-21(30)26-16-10-3-6-12-5-1-2-7-13(12)16/h1-2,4-5,7-9,16-17H,3,6,10-11H2,(H,25,27)(H,28,29)(H2,24,26,30)/t16-,17-/m0/s1. The molecule has 158 valence electrons. The van der Waals surface area contributed by atoms with Crippen molar-refractivity contribution in [2.24, 2.45) is 0 Å². The number of carbonyl (C=O) groups excluding carboxylic acids is 2. The third kappa shape index (κ3) is 5.23. The summed E-state index contributed by atoms with van der Waals surface area (Å²) >= 11 is 12.0. The monoisotopic (exact) mass is 449 g/mol. The number of hydrogen-bond donors (Lipinski definition) is 4.